The predicted octanol–water partition coefficient (Wildman–Crippen LogP) is 1.24. The van der Waals surface area contributed by atoms with E-state index in [0.717, 1.165) is 0 Å². The normalized spacial score (nSPS) is 9.18. The van der Waals surface area contributed by atoms with Gasteiger partial charge in [-0.15, -0.1) is 0 Å². The molecule has 11 heavy (non-hydrogen) atoms. The highest BCUT2D eigenvalue weighted by atomic mass is 16.8. The molecule has 1 aromatic rings. The molecule has 0 aromatic heterocycles. The molecule has 0 saturated carbocycles. The van der Waals surface area contributed by atoms with Crippen molar-refractivity contribution in [3.05, 3.63) is 29.2 Å². The van der Waals surface area contributed by atoms with E-state index >= 15 is 0 Å². The molecule has 0 saturated heterocycles. The van der Waals surface area contributed by atoms with Crippen molar-refractivity contribution in [3.63, 3.8) is 0 Å². The topological polar surface area (TPSA) is 55.3 Å². The first-order valence-corrected chi connectivity index (χ1v) is 3.11. The third-order valence-corrected chi connectivity index (χ3v) is 1.25. The Balaban J connectivity index is 2.96. The van der Waals surface area contributed by atoms with Gasteiger partial charge in [-0.05, 0) is 6.07 Å². The van der Waals surface area contributed by atoms with Gasteiger partial charge in [-0.2, -0.15) is 0 Å². The fraction of sp³-hybridized carbons (Fsp3) is 0.143. The van der Waals surface area contributed by atoms with Gasteiger partial charge < -0.3 is 5.73 Å². The van der Waals surface area contributed by atoms with Crippen molar-refractivity contribution >= 4 is 11.4 Å². The van der Waals surface area contributed by atoms with E-state index in [2.05, 4.69) is 4.84 Å². The molecule has 0 unspecified atom stereocenters. The van der Waals surface area contributed by atoms with Crippen LogP contribution in [0.4, 0.5) is 11.4 Å². The summed E-state index contributed by atoms with van der Waals surface area (Å²) in [6, 6.07) is 6.55. The van der Waals surface area contributed by atoms with Crippen LogP contribution in [0.15, 0.2) is 24.3 Å². The average Bonchev–Trinajstić information content (AvgIpc) is 2.03. The minimum absolute atomic E-state index is 0.396. The Bertz CT molecular complexity index is 273. The quantitative estimate of drug-likeness (QED) is 0.513. The highest BCUT2D eigenvalue weighted by Crippen LogP contribution is 2.14. The summed E-state index contributed by atoms with van der Waals surface area (Å²) in [4.78, 5) is 15.6. The molecule has 1 rings (SSSR count). The van der Waals surface area contributed by atoms with Gasteiger partial charge in [-0.25, -0.2) is 4.84 Å². The molecule has 4 heteroatoms. The zero-order valence-electron chi connectivity index (χ0n) is 6.15. The second kappa shape index (κ2) is 3.01. The van der Waals surface area contributed by atoms with Crippen LogP contribution >= 0.6 is 0 Å². The standard InChI is InChI=1S/C7H9N2O2/c1-11-9(10)7-4-2-3-6(8)5-7/h2-5H,8H2,1H3/q+1. The summed E-state index contributed by atoms with van der Waals surface area (Å²) in [7, 11) is 1.30. The number of hydrogen-bond donors (Lipinski definition) is 1. The van der Waals surface area contributed by atoms with Gasteiger partial charge in [0.1, 0.15) is 0 Å². The molecule has 4 nitrogen and oxygen atoms in total. The van der Waals surface area contributed by atoms with Gasteiger partial charge in [0.15, 0.2) is 7.11 Å². The van der Waals surface area contributed by atoms with Crippen molar-refractivity contribution in [2.24, 2.45) is 0 Å². The van der Waals surface area contributed by atoms with Crippen LogP contribution in [0.2, 0.25) is 0 Å². The Morgan fingerprint density at radius 1 is 1.55 bits per heavy atom. The Hall–Kier alpha value is -1.58. The number of nitrogens with zero attached hydrogens (tertiary/aromatic N) is 1. The molecule has 58 valence electrons. The van der Waals surface area contributed by atoms with E-state index in [9.17, 15) is 4.91 Å². The third kappa shape index (κ3) is 1.67. The smallest absolute Gasteiger partial charge is 0.318 e. The molecule has 2 N–H and O–H groups in total. The number of benzene rings is 1. The highest BCUT2D eigenvalue weighted by Gasteiger charge is 2.12. The first-order chi connectivity index (χ1) is 5.24. The maximum absolute atomic E-state index is 10.8. The minimum Gasteiger partial charge on any atom is -0.399 e. The van der Waals surface area contributed by atoms with Crippen LogP contribution in [0.3, 0.4) is 0 Å². The fourth-order valence-electron chi connectivity index (χ4n) is 0.744. The maximum atomic E-state index is 10.8. The van der Waals surface area contributed by atoms with E-state index < -0.39 is 0 Å². The summed E-state index contributed by atoms with van der Waals surface area (Å²) in [5.74, 6) is 0. The van der Waals surface area contributed by atoms with Gasteiger partial charge in [-0.3, -0.25) is 0 Å². The largest absolute Gasteiger partial charge is 0.399 e. The van der Waals surface area contributed by atoms with Crippen molar-refractivity contribution < 1.29 is 9.76 Å². The molecule has 0 aliphatic rings. The lowest BCUT2D eigenvalue weighted by atomic mass is 10.3. The highest BCUT2D eigenvalue weighted by molar-refractivity contribution is 5.46. The zero-order valence-corrected chi connectivity index (χ0v) is 6.15. The van der Waals surface area contributed by atoms with Gasteiger partial charge in [-0.1, -0.05) is 6.07 Å². The maximum Gasteiger partial charge on any atom is 0.318 e. The van der Waals surface area contributed by atoms with Gasteiger partial charge in [0, 0.05) is 17.8 Å². The van der Waals surface area contributed by atoms with E-state index in [-0.39, 0.29) is 0 Å². The van der Waals surface area contributed by atoms with Gasteiger partial charge in [0.25, 0.3) is 4.92 Å². The molecule has 0 amide bonds. The second-order valence-corrected chi connectivity index (χ2v) is 2.03. The Kier molecular flexibility index (Phi) is 2.06. The summed E-state index contributed by atoms with van der Waals surface area (Å²) in [5, 5.41) is 0. The Morgan fingerprint density at radius 3 is 2.82 bits per heavy atom. The number of anilines is 1. The van der Waals surface area contributed by atoms with Crippen LogP contribution in [-0.4, -0.2) is 12.0 Å². The summed E-state index contributed by atoms with van der Waals surface area (Å²) >= 11 is 0. The van der Waals surface area contributed by atoms with Crippen molar-refractivity contribution in [3.8, 4) is 0 Å². The molecule has 0 spiro atoms. The van der Waals surface area contributed by atoms with Gasteiger partial charge in [0.05, 0.1) is 4.91 Å². The lowest BCUT2D eigenvalue weighted by molar-refractivity contribution is -0.736. The van der Waals surface area contributed by atoms with Crippen molar-refractivity contribution in [1.29, 1.82) is 0 Å². The van der Waals surface area contributed by atoms with Crippen LogP contribution in [-0.2, 0) is 4.84 Å². The van der Waals surface area contributed by atoms with Crippen molar-refractivity contribution in [1.82, 2.24) is 0 Å². The predicted molar refractivity (Wildman–Crippen MR) is 41.2 cm³/mol. The summed E-state index contributed by atoms with van der Waals surface area (Å²) < 4.78 is 0. The first-order valence-electron chi connectivity index (χ1n) is 3.11. The molecule has 0 aliphatic heterocycles. The monoisotopic (exact) mass is 153 g/mol. The molecule has 0 atom stereocenters. The van der Waals surface area contributed by atoms with Crippen molar-refractivity contribution in [2.45, 2.75) is 0 Å². The van der Waals surface area contributed by atoms with E-state index in [1.54, 1.807) is 18.2 Å². The summed E-state index contributed by atoms with van der Waals surface area (Å²) in [5.41, 5.74) is 6.37. The molecule has 0 fully saturated rings. The van der Waals surface area contributed by atoms with Crippen LogP contribution in [0.1, 0.15) is 0 Å². The van der Waals surface area contributed by atoms with E-state index in [0.29, 0.717) is 16.3 Å². The van der Waals surface area contributed by atoms with E-state index in [1.165, 1.54) is 13.2 Å². The Labute approximate surface area is 64.1 Å². The van der Waals surface area contributed by atoms with Crippen LogP contribution in [0.5, 0.6) is 0 Å². The molecule has 0 bridgehead atoms. The summed E-state index contributed by atoms with van der Waals surface area (Å²) in [6.07, 6.45) is 0. The van der Waals surface area contributed by atoms with Crippen LogP contribution in [0, 0.1) is 4.91 Å². The molecule has 0 aliphatic carbocycles. The van der Waals surface area contributed by atoms with E-state index in [1.807, 2.05) is 0 Å². The van der Waals surface area contributed by atoms with Crippen LogP contribution < -0.4 is 5.73 Å². The number of nitrogen functional groups attached to an aromatic ring is 1. The lowest BCUT2D eigenvalue weighted by Crippen LogP contribution is -1.98. The van der Waals surface area contributed by atoms with Gasteiger partial charge in [0.2, 0.25) is 0 Å². The molecule has 0 radical (unpaired) electrons. The van der Waals surface area contributed by atoms with Crippen LogP contribution in [0.25, 0.3) is 0 Å². The fourth-order valence-corrected chi connectivity index (χ4v) is 0.744. The lowest BCUT2D eigenvalue weighted by Gasteiger charge is -1.89. The SMILES string of the molecule is CO[N+](=O)c1cccc(N)c1. The second-order valence-electron chi connectivity index (χ2n) is 2.03. The Morgan fingerprint density at radius 2 is 2.27 bits per heavy atom. The molecule has 1 aromatic carbocycles. The summed E-state index contributed by atoms with van der Waals surface area (Å²) in [6.45, 7) is 0. The number of hydrogen-bond acceptors (Lipinski definition) is 3. The molecule has 0 heterocycles. The molecular formula is C7H9N2O2+. The minimum atomic E-state index is 0.396. The van der Waals surface area contributed by atoms with Gasteiger partial charge >= 0.3 is 5.69 Å². The average molecular weight is 153 g/mol. The van der Waals surface area contributed by atoms with Crippen molar-refractivity contribution in [2.75, 3.05) is 12.8 Å². The van der Waals surface area contributed by atoms with E-state index in [4.69, 9.17) is 5.73 Å². The number of nitrogens with two attached hydrogens (primary N) is 1. The third-order valence-electron chi connectivity index (χ3n) is 1.25. The first kappa shape index (κ1) is 7.53. The zero-order chi connectivity index (χ0) is 8.27. The number of rotatable bonds is 2. The molecular weight excluding hydrogens is 144 g/mol.